The van der Waals surface area contributed by atoms with Gasteiger partial charge in [-0.25, -0.2) is 0 Å². The molecule has 0 aliphatic rings. The van der Waals surface area contributed by atoms with Gasteiger partial charge in [0.25, 0.3) is 0 Å². The lowest BCUT2D eigenvalue weighted by atomic mass is 9.88. The first kappa shape index (κ1) is 9.89. The molecule has 6 heteroatoms. The molecule has 0 aliphatic heterocycles. The predicted octanol–water partition coefficient (Wildman–Crippen LogP) is 2.21. The minimum atomic E-state index is -4.87. The first-order chi connectivity index (χ1) is 5.90. The van der Waals surface area contributed by atoms with Crippen LogP contribution in [0.3, 0.4) is 0 Å². The van der Waals surface area contributed by atoms with Crippen LogP contribution in [0.2, 0.25) is 0 Å². The van der Waals surface area contributed by atoms with Gasteiger partial charge in [-0.1, -0.05) is 5.57 Å². The SMILES string of the molecule is C/C(=C\[B-](F)(F)F)c1ccnn1C. The maximum atomic E-state index is 12.0. The summed E-state index contributed by atoms with van der Waals surface area (Å²) in [6.07, 6.45) is 1.47. The lowest BCUT2D eigenvalue weighted by Crippen LogP contribution is -2.11. The molecule has 0 atom stereocenters. The van der Waals surface area contributed by atoms with Gasteiger partial charge < -0.3 is 12.9 Å². The fraction of sp³-hybridized carbons (Fsp3) is 0.286. The van der Waals surface area contributed by atoms with Gasteiger partial charge in [0.15, 0.2) is 0 Å². The zero-order chi connectivity index (χ0) is 10.1. The zero-order valence-corrected chi connectivity index (χ0v) is 7.34. The first-order valence-electron chi connectivity index (χ1n) is 3.78. The van der Waals surface area contributed by atoms with E-state index in [9.17, 15) is 12.9 Å². The van der Waals surface area contributed by atoms with Crippen molar-refractivity contribution in [2.24, 2.45) is 7.05 Å². The van der Waals surface area contributed by atoms with Crippen LogP contribution in [-0.4, -0.2) is 16.8 Å². The highest BCUT2D eigenvalue weighted by Gasteiger charge is 2.19. The molecule has 0 radical (unpaired) electrons. The van der Waals surface area contributed by atoms with Crippen LogP contribution in [0.15, 0.2) is 18.2 Å². The molecule has 0 spiro atoms. The second kappa shape index (κ2) is 3.28. The fourth-order valence-electron chi connectivity index (χ4n) is 1.13. The summed E-state index contributed by atoms with van der Waals surface area (Å²) in [6.45, 7) is -3.45. The quantitative estimate of drug-likeness (QED) is 0.652. The Hall–Kier alpha value is -1.20. The highest BCUT2D eigenvalue weighted by atomic mass is 19.4. The van der Waals surface area contributed by atoms with E-state index in [4.69, 9.17) is 0 Å². The molecule has 0 aliphatic carbocycles. The van der Waals surface area contributed by atoms with Gasteiger partial charge in [0.05, 0.1) is 5.69 Å². The van der Waals surface area contributed by atoms with Gasteiger partial charge in [-0.15, -0.1) is 5.98 Å². The summed E-state index contributed by atoms with van der Waals surface area (Å²) in [5.74, 6) is 0.330. The minimum Gasteiger partial charge on any atom is -0.445 e. The van der Waals surface area contributed by atoms with E-state index in [1.54, 1.807) is 13.1 Å². The third-order valence-electron chi connectivity index (χ3n) is 1.66. The van der Waals surface area contributed by atoms with Crippen LogP contribution in [0.25, 0.3) is 5.57 Å². The number of aryl methyl sites for hydroxylation is 1. The van der Waals surface area contributed by atoms with Gasteiger partial charge in [-0.2, -0.15) is 5.10 Å². The molecule has 13 heavy (non-hydrogen) atoms. The van der Waals surface area contributed by atoms with Crippen molar-refractivity contribution in [1.82, 2.24) is 9.78 Å². The number of hydrogen-bond donors (Lipinski definition) is 0. The second-order valence-corrected chi connectivity index (χ2v) is 2.82. The van der Waals surface area contributed by atoms with Gasteiger partial charge in [-0.05, 0) is 13.0 Å². The normalized spacial score (nSPS) is 13.5. The van der Waals surface area contributed by atoms with Gasteiger partial charge in [0, 0.05) is 13.2 Å². The Morgan fingerprint density at radius 3 is 2.54 bits per heavy atom. The van der Waals surface area contributed by atoms with Gasteiger partial charge in [0.2, 0.25) is 0 Å². The summed E-state index contributed by atoms with van der Waals surface area (Å²) in [7, 11) is 1.61. The summed E-state index contributed by atoms with van der Waals surface area (Å²) >= 11 is 0. The monoisotopic (exact) mass is 189 g/mol. The van der Waals surface area contributed by atoms with E-state index in [2.05, 4.69) is 5.10 Å². The molecule has 1 rings (SSSR count). The molecule has 1 aromatic rings. The van der Waals surface area contributed by atoms with Crippen LogP contribution in [0.4, 0.5) is 12.9 Å². The molecule has 1 aromatic heterocycles. The molecular formula is C7H9BF3N2-. The predicted molar refractivity (Wildman–Crippen MR) is 45.9 cm³/mol. The molecule has 0 bridgehead atoms. The minimum absolute atomic E-state index is 0.188. The zero-order valence-electron chi connectivity index (χ0n) is 7.34. The van der Waals surface area contributed by atoms with Crippen LogP contribution in [-0.2, 0) is 7.05 Å². The van der Waals surface area contributed by atoms with Crippen molar-refractivity contribution >= 4 is 12.6 Å². The molecule has 0 aromatic carbocycles. The summed E-state index contributed by atoms with van der Waals surface area (Å²) < 4.78 is 37.4. The van der Waals surface area contributed by atoms with Gasteiger partial charge in [0.1, 0.15) is 0 Å². The van der Waals surface area contributed by atoms with Crippen molar-refractivity contribution < 1.29 is 12.9 Å². The smallest absolute Gasteiger partial charge is 0.445 e. The number of halogens is 3. The van der Waals surface area contributed by atoms with Crippen molar-refractivity contribution in [3.63, 3.8) is 0 Å². The van der Waals surface area contributed by atoms with Crippen LogP contribution < -0.4 is 0 Å². The topological polar surface area (TPSA) is 17.8 Å². The average molecular weight is 189 g/mol. The molecular weight excluding hydrogens is 180 g/mol. The Bertz CT molecular complexity index is 327. The molecule has 0 N–H and O–H groups in total. The van der Waals surface area contributed by atoms with Crippen molar-refractivity contribution in [2.45, 2.75) is 6.92 Å². The maximum Gasteiger partial charge on any atom is 0.502 e. The molecule has 0 fully saturated rings. The molecule has 0 saturated carbocycles. The van der Waals surface area contributed by atoms with Crippen LogP contribution in [0.1, 0.15) is 12.6 Å². The number of aromatic nitrogens is 2. The molecule has 0 saturated heterocycles. The van der Waals surface area contributed by atoms with Gasteiger partial charge >= 0.3 is 6.98 Å². The number of hydrogen-bond acceptors (Lipinski definition) is 1. The summed E-state index contributed by atoms with van der Waals surface area (Å²) in [5.41, 5.74) is 0.673. The van der Waals surface area contributed by atoms with E-state index in [1.165, 1.54) is 17.8 Å². The lowest BCUT2D eigenvalue weighted by Gasteiger charge is -2.10. The van der Waals surface area contributed by atoms with E-state index >= 15 is 0 Å². The summed E-state index contributed by atoms with van der Waals surface area (Å²) in [5, 5.41) is 3.78. The van der Waals surface area contributed by atoms with Crippen LogP contribution >= 0.6 is 0 Å². The van der Waals surface area contributed by atoms with E-state index in [0.717, 1.165) is 0 Å². The third kappa shape index (κ3) is 2.64. The van der Waals surface area contributed by atoms with E-state index in [1.807, 2.05) is 0 Å². The Labute approximate surface area is 74.1 Å². The molecule has 0 amide bonds. The third-order valence-corrected chi connectivity index (χ3v) is 1.66. The largest absolute Gasteiger partial charge is 0.502 e. The highest BCUT2D eigenvalue weighted by molar-refractivity contribution is 6.65. The fourth-order valence-corrected chi connectivity index (χ4v) is 1.13. The highest BCUT2D eigenvalue weighted by Crippen LogP contribution is 2.19. The van der Waals surface area contributed by atoms with Crippen molar-refractivity contribution in [1.29, 1.82) is 0 Å². The molecule has 2 nitrogen and oxygen atoms in total. The molecule has 72 valence electrons. The number of nitrogens with zero attached hydrogens (tertiary/aromatic N) is 2. The summed E-state index contributed by atoms with van der Waals surface area (Å²) in [4.78, 5) is 0. The van der Waals surface area contributed by atoms with Crippen molar-refractivity contribution in [3.8, 4) is 0 Å². The maximum absolute atomic E-state index is 12.0. The van der Waals surface area contributed by atoms with E-state index in [0.29, 0.717) is 11.7 Å². The van der Waals surface area contributed by atoms with Crippen LogP contribution in [0, 0.1) is 0 Å². The first-order valence-corrected chi connectivity index (χ1v) is 3.78. The Balaban J connectivity index is 2.98. The average Bonchev–Trinajstić information content (AvgIpc) is 2.30. The summed E-state index contributed by atoms with van der Waals surface area (Å²) in [6, 6.07) is 1.55. The molecule has 0 unspecified atom stereocenters. The Morgan fingerprint density at radius 1 is 1.54 bits per heavy atom. The standard InChI is InChI=1S/C7H9BF3N2/c1-6(5-8(9,10)11)7-3-4-12-13(7)2/h3-5H,1-2H3/q-1/b6-5+. The van der Waals surface area contributed by atoms with Gasteiger partial charge in [-0.3, -0.25) is 4.68 Å². The van der Waals surface area contributed by atoms with Crippen LogP contribution in [0.5, 0.6) is 0 Å². The Morgan fingerprint density at radius 2 is 2.15 bits per heavy atom. The second-order valence-electron chi connectivity index (χ2n) is 2.82. The number of allylic oxidation sites excluding steroid dienone is 1. The lowest BCUT2D eigenvalue weighted by molar-refractivity contribution is 0.499. The number of rotatable bonds is 2. The Kier molecular flexibility index (Phi) is 2.49. The molecule has 1 heterocycles. The van der Waals surface area contributed by atoms with Crippen molar-refractivity contribution in [3.05, 3.63) is 23.9 Å². The van der Waals surface area contributed by atoms with Crippen molar-refractivity contribution in [2.75, 3.05) is 0 Å². The van der Waals surface area contributed by atoms with E-state index < -0.39 is 6.98 Å². The van der Waals surface area contributed by atoms with E-state index in [-0.39, 0.29) is 5.57 Å².